The lowest BCUT2D eigenvalue weighted by molar-refractivity contribution is 0.0526. The molecule has 3 aromatic rings. The molecule has 0 spiro atoms. The van der Waals surface area contributed by atoms with E-state index >= 15 is 0 Å². The molecule has 0 fully saturated rings. The van der Waals surface area contributed by atoms with E-state index in [4.69, 9.17) is 4.74 Å². The molecule has 0 aliphatic carbocycles. The summed E-state index contributed by atoms with van der Waals surface area (Å²) in [7, 11) is 0. The molecule has 3 aromatic carbocycles. The SMILES string of the molecule is CCOC(=O)c1ccc(C#N)c(-c2c(C)ccc3ccccc23)c1. The van der Waals surface area contributed by atoms with E-state index in [1.54, 1.807) is 25.1 Å². The molecule has 0 atom stereocenters. The van der Waals surface area contributed by atoms with Crippen LogP contribution in [0.2, 0.25) is 0 Å². The summed E-state index contributed by atoms with van der Waals surface area (Å²) >= 11 is 0. The number of aryl methyl sites for hydroxylation is 1. The molecule has 118 valence electrons. The average Bonchev–Trinajstić information content (AvgIpc) is 2.61. The summed E-state index contributed by atoms with van der Waals surface area (Å²) in [6.45, 7) is 4.11. The highest BCUT2D eigenvalue weighted by Crippen LogP contribution is 2.34. The highest BCUT2D eigenvalue weighted by atomic mass is 16.5. The van der Waals surface area contributed by atoms with Crippen molar-refractivity contribution in [3.05, 3.63) is 71.3 Å². The van der Waals surface area contributed by atoms with Gasteiger partial charge in [0.05, 0.1) is 23.8 Å². The fourth-order valence-corrected chi connectivity index (χ4v) is 2.93. The van der Waals surface area contributed by atoms with Crippen molar-refractivity contribution in [2.24, 2.45) is 0 Å². The van der Waals surface area contributed by atoms with Gasteiger partial charge in [-0.2, -0.15) is 5.26 Å². The summed E-state index contributed by atoms with van der Waals surface area (Å²) in [6, 6.07) is 19.5. The number of nitriles is 1. The van der Waals surface area contributed by atoms with Crippen LogP contribution in [0.5, 0.6) is 0 Å². The standard InChI is InChI=1S/C21H17NO2/c1-3-24-21(23)16-10-11-17(13-22)19(12-16)20-14(2)8-9-15-6-4-5-7-18(15)20/h4-12H,3H2,1-2H3. The average molecular weight is 315 g/mol. The lowest BCUT2D eigenvalue weighted by Gasteiger charge is -2.13. The first-order valence-corrected chi connectivity index (χ1v) is 7.85. The molecule has 0 saturated heterocycles. The maximum atomic E-state index is 12.1. The second-order valence-electron chi connectivity index (χ2n) is 5.57. The number of nitrogens with zero attached hydrogens (tertiary/aromatic N) is 1. The largest absolute Gasteiger partial charge is 0.462 e. The molecule has 0 aliphatic rings. The number of hydrogen-bond acceptors (Lipinski definition) is 3. The number of rotatable bonds is 3. The van der Waals surface area contributed by atoms with Gasteiger partial charge in [0.2, 0.25) is 0 Å². The highest BCUT2D eigenvalue weighted by molar-refractivity contribution is 6.01. The topological polar surface area (TPSA) is 50.1 Å². The van der Waals surface area contributed by atoms with Gasteiger partial charge in [-0.3, -0.25) is 0 Å². The van der Waals surface area contributed by atoms with E-state index in [1.807, 2.05) is 37.3 Å². The third-order valence-corrected chi connectivity index (χ3v) is 4.06. The first kappa shape index (κ1) is 15.8. The van der Waals surface area contributed by atoms with Crippen molar-refractivity contribution in [2.75, 3.05) is 6.61 Å². The number of carbonyl (C=O) groups is 1. The molecule has 3 heteroatoms. The predicted octanol–water partition coefficient (Wildman–Crippen LogP) is 4.86. The first-order valence-electron chi connectivity index (χ1n) is 7.85. The van der Waals surface area contributed by atoms with Crippen LogP contribution in [-0.2, 0) is 4.74 Å². The van der Waals surface area contributed by atoms with Crippen LogP contribution < -0.4 is 0 Å². The third kappa shape index (κ3) is 2.75. The Morgan fingerprint density at radius 3 is 2.67 bits per heavy atom. The molecule has 0 aliphatic heterocycles. The summed E-state index contributed by atoms with van der Waals surface area (Å²) in [4.78, 5) is 12.1. The Labute approximate surface area is 141 Å². The summed E-state index contributed by atoms with van der Waals surface area (Å²) in [5, 5.41) is 11.7. The van der Waals surface area contributed by atoms with Gasteiger partial charge in [-0.25, -0.2) is 4.79 Å². The van der Waals surface area contributed by atoms with Gasteiger partial charge in [0.1, 0.15) is 0 Å². The number of ether oxygens (including phenoxy) is 1. The van der Waals surface area contributed by atoms with Gasteiger partial charge in [0, 0.05) is 5.56 Å². The maximum Gasteiger partial charge on any atom is 0.338 e. The van der Waals surface area contributed by atoms with Crippen LogP contribution in [-0.4, -0.2) is 12.6 Å². The Hall–Kier alpha value is -3.12. The molecule has 3 rings (SSSR count). The van der Waals surface area contributed by atoms with Crippen molar-refractivity contribution in [1.82, 2.24) is 0 Å². The summed E-state index contributed by atoms with van der Waals surface area (Å²) in [6.07, 6.45) is 0. The molecule has 0 saturated carbocycles. The summed E-state index contributed by atoms with van der Waals surface area (Å²) in [5.41, 5.74) is 3.81. The Morgan fingerprint density at radius 1 is 1.12 bits per heavy atom. The molecule has 0 radical (unpaired) electrons. The van der Waals surface area contributed by atoms with Gasteiger partial charge in [-0.1, -0.05) is 36.4 Å². The van der Waals surface area contributed by atoms with Gasteiger partial charge >= 0.3 is 5.97 Å². The van der Waals surface area contributed by atoms with Gasteiger partial charge in [-0.15, -0.1) is 0 Å². The Morgan fingerprint density at radius 2 is 1.92 bits per heavy atom. The summed E-state index contributed by atoms with van der Waals surface area (Å²) in [5.74, 6) is -0.374. The molecule has 0 bridgehead atoms. The van der Waals surface area contributed by atoms with Crippen LogP contribution in [0.15, 0.2) is 54.6 Å². The first-order chi connectivity index (χ1) is 11.7. The second-order valence-corrected chi connectivity index (χ2v) is 5.57. The van der Waals surface area contributed by atoms with Crippen LogP contribution in [0.25, 0.3) is 21.9 Å². The monoisotopic (exact) mass is 315 g/mol. The lowest BCUT2D eigenvalue weighted by Crippen LogP contribution is -2.05. The fraction of sp³-hybridized carbons (Fsp3) is 0.143. The number of benzene rings is 3. The zero-order valence-electron chi connectivity index (χ0n) is 13.7. The van der Waals surface area contributed by atoms with Crippen LogP contribution in [0, 0.1) is 18.3 Å². The van der Waals surface area contributed by atoms with Crippen molar-refractivity contribution in [3.63, 3.8) is 0 Å². The van der Waals surface area contributed by atoms with E-state index in [2.05, 4.69) is 12.1 Å². The van der Waals surface area contributed by atoms with Crippen molar-refractivity contribution in [1.29, 1.82) is 5.26 Å². The van der Waals surface area contributed by atoms with Crippen molar-refractivity contribution in [3.8, 4) is 17.2 Å². The fourth-order valence-electron chi connectivity index (χ4n) is 2.93. The second kappa shape index (κ2) is 6.55. The molecule has 0 N–H and O–H groups in total. The van der Waals surface area contributed by atoms with Gasteiger partial charge in [-0.05, 0) is 53.9 Å². The number of fused-ring (bicyclic) bond motifs is 1. The molecule has 0 amide bonds. The van der Waals surface area contributed by atoms with Crippen LogP contribution in [0.4, 0.5) is 0 Å². The molecule has 0 aromatic heterocycles. The Kier molecular flexibility index (Phi) is 4.31. The van der Waals surface area contributed by atoms with Crippen LogP contribution >= 0.6 is 0 Å². The van der Waals surface area contributed by atoms with E-state index in [-0.39, 0.29) is 5.97 Å². The van der Waals surface area contributed by atoms with Crippen molar-refractivity contribution >= 4 is 16.7 Å². The van der Waals surface area contributed by atoms with E-state index in [9.17, 15) is 10.1 Å². The number of hydrogen-bond donors (Lipinski definition) is 0. The van der Waals surface area contributed by atoms with Crippen molar-refractivity contribution < 1.29 is 9.53 Å². The highest BCUT2D eigenvalue weighted by Gasteiger charge is 2.15. The minimum Gasteiger partial charge on any atom is -0.462 e. The molecular weight excluding hydrogens is 298 g/mol. The Balaban J connectivity index is 2.29. The molecule has 0 heterocycles. The Bertz CT molecular complexity index is 967. The smallest absolute Gasteiger partial charge is 0.338 e. The van der Waals surface area contributed by atoms with Gasteiger partial charge in [0.25, 0.3) is 0 Å². The molecule has 0 unspecified atom stereocenters. The van der Waals surface area contributed by atoms with E-state index < -0.39 is 0 Å². The molecular formula is C21H17NO2. The summed E-state index contributed by atoms with van der Waals surface area (Å²) < 4.78 is 5.09. The van der Waals surface area contributed by atoms with Crippen LogP contribution in [0.1, 0.15) is 28.4 Å². The lowest BCUT2D eigenvalue weighted by atomic mass is 9.90. The normalized spacial score (nSPS) is 10.4. The van der Waals surface area contributed by atoms with Crippen LogP contribution in [0.3, 0.4) is 0 Å². The molecule has 24 heavy (non-hydrogen) atoms. The quantitative estimate of drug-likeness (QED) is 0.648. The van der Waals surface area contributed by atoms with E-state index in [1.165, 1.54) is 0 Å². The minimum atomic E-state index is -0.374. The molecule has 3 nitrogen and oxygen atoms in total. The zero-order valence-corrected chi connectivity index (χ0v) is 13.7. The predicted molar refractivity (Wildman–Crippen MR) is 94.8 cm³/mol. The number of esters is 1. The number of carbonyl (C=O) groups excluding carboxylic acids is 1. The minimum absolute atomic E-state index is 0.321. The maximum absolute atomic E-state index is 12.1. The zero-order chi connectivity index (χ0) is 17.1. The van der Waals surface area contributed by atoms with Gasteiger partial charge in [0.15, 0.2) is 0 Å². The van der Waals surface area contributed by atoms with E-state index in [0.29, 0.717) is 17.7 Å². The van der Waals surface area contributed by atoms with Crippen molar-refractivity contribution in [2.45, 2.75) is 13.8 Å². The van der Waals surface area contributed by atoms with Gasteiger partial charge < -0.3 is 4.74 Å². The van der Waals surface area contributed by atoms with E-state index in [0.717, 1.165) is 27.5 Å². The third-order valence-electron chi connectivity index (χ3n) is 4.06.